The van der Waals surface area contributed by atoms with Crippen LogP contribution in [-0.2, 0) is 0 Å². The van der Waals surface area contributed by atoms with Gasteiger partial charge in [-0.15, -0.1) is 0 Å². The van der Waals surface area contributed by atoms with Gasteiger partial charge in [-0.1, -0.05) is 12.1 Å². The van der Waals surface area contributed by atoms with E-state index in [9.17, 15) is 9.65 Å². The van der Waals surface area contributed by atoms with E-state index in [-0.39, 0.29) is 23.2 Å². The van der Waals surface area contributed by atoms with E-state index in [4.69, 9.17) is 0 Å². The minimum atomic E-state index is -0.150. The molecule has 0 amide bonds. The van der Waals surface area contributed by atoms with Crippen molar-refractivity contribution in [1.29, 1.82) is 5.26 Å². The molecule has 138 valence electrons. The van der Waals surface area contributed by atoms with Crippen molar-refractivity contribution in [2.45, 2.75) is 51.0 Å². The molecule has 2 heterocycles. The molecule has 1 aromatic carbocycles. The monoisotopic (exact) mass is 361 g/mol. The van der Waals surface area contributed by atoms with Gasteiger partial charge in [-0.3, -0.25) is 0 Å². The molecule has 4 aliphatic carbocycles. The zero-order valence-corrected chi connectivity index (χ0v) is 15.4. The number of hydrogen-bond acceptors (Lipinski definition) is 2. The van der Waals surface area contributed by atoms with Crippen molar-refractivity contribution in [3.05, 3.63) is 42.1 Å². The molecule has 4 bridgehead atoms. The second kappa shape index (κ2) is 5.44. The molecule has 0 N–H and O–H groups in total. The van der Waals surface area contributed by atoms with Crippen LogP contribution in [0.5, 0.6) is 0 Å². The first-order valence-corrected chi connectivity index (χ1v) is 10.4. The predicted octanol–water partition coefficient (Wildman–Crippen LogP) is 5.34. The molecule has 1 aliphatic heterocycles. The van der Waals surface area contributed by atoms with Gasteiger partial charge in [0, 0.05) is 11.1 Å². The van der Waals surface area contributed by atoms with Crippen LogP contribution in [0.3, 0.4) is 0 Å². The van der Waals surface area contributed by atoms with Gasteiger partial charge in [0.1, 0.15) is 5.82 Å². The second-order valence-corrected chi connectivity index (χ2v) is 9.60. The van der Waals surface area contributed by atoms with Gasteiger partial charge < -0.3 is 4.57 Å². The van der Waals surface area contributed by atoms with Crippen LogP contribution < -0.4 is 0 Å². The average Bonchev–Trinajstić information content (AvgIpc) is 3.21. The summed E-state index contributed by atoms with van der Waals surface area (Å²) in [6.45, 7) is 0. The van der Waals surface area contributed by atoms with Crippen LogP contribution >= 0.6 is 0 Å². The summed E-state index contributed by atoms with van der Waals surface area (Å²) in [6.07, 6.45) is 12.1. The van der Waals surface area contributed by atoms with Gasteiger partial charge in [0.25, 0.3) is 0 Å². The van der Waals surface area contributed by atoms with E-state index < -0.39 is 0 Å². The Morgan fingerprint density at radius 2 is 1.89 bits per heavy atom. The van der Waals surface area contributed by atoms with Crippen LogP contribution in [0.25, 0.3) is 11.3 Å². The van der Waals surface area contributed by atoms with Crippen molar-refractivity contribution < 1.29 is 4.39 Å². The van der Waals surface area contributed by atoms with Crippen LogP contribution in [0.1, 0.15) is 56.6 Å². The average molecular weight is 361 g/mol. The molecule has 27 heavy (non-hydrogen) atoms. The Kier molecular flexibility index (Phi) is 3.20. The fourth-order valence-corrected chi connectivity index (χ4v) is 7.50. The number of fused-ring (bicyclic) bond motifs is 3. The first kappa shape index (κ1) is 15.9. The van der Waals surface area contributed by atoms with Crippen molar-refractivity contribution in [2.75, 3.05) is 0 Å². The van der Waals surface area contributed by atoms with Crippen LogP contribution in [0, 0.1) is 46.2 Å². The number of aromatic nitrogens is 2. The maximum absolute atomic E-state index is 14.8. The Balaban J connectivity index is 1.39. The summed E-state index contributed by atoms with van der Waals surface area (Å²) in [7, 11) is 0. The molecule has 0 spiro atoms. The van der Waals surface area contributed by atoms with Crippen LogP contribution in [-0.4, -0.2) is 9.55 Å². The smallest absolute Gasteiger partial charge is 0.129 e. The lowest BCUT2D eigenvalue weighted by Gasteiger charge is -2.58. The predicted molar refractivity (Wildman–Crippen MR) is 100 cm³/mol. The van der Waals surface area contributed by atoms with Crippen LogP contribution in [0.15, 0.2) is 30.7 Å². The number of nitriles is 1. The molecule has 3 nitrogen and oxygen atoms in total. The third-order valence-corrected chi connectivity index (χ3v) is 8.10. The molecule has 2 unspecified atom stereocenters. The number of benzene rings is 1. The van der Waals surface area contributed by atoms with E-state index in [1.807, 2.05) is 18.6 Å². The topological polar surface area (TPSA) is 41.6 Å². The van der Waals surface area contributed by atoms with E-state index in [1.54, 1.807) is 12.1 Å². The molecule has 0 saturated heterocycles. The van der Waals surface area contributed by atoms with Gasteiger partial charge in [-0.05, 0) is 74.2 Å². The number of hydrogen-bond donors (Lipinski definition) is 0. The highest BCUT2D eigenvalue weighted by atomic mass is 19.1. The fraction of sp³-hybridized carbons (Fsp3) is 0.565. The number of halogens is 1. The minimum absolute atomic E-state index is 0.00305. The molecule has 4 heteroatoms. The normalized spacial score (nSPS) is 36.3. The summed E-state index contributed by atoms with van der Waals surface area (Å²) in [5.74, 6) is 2.32. The third kappa shape index (κ3) is 2.15. The van der Waals surface area contributed by atoms with Gasteiger partial charge in [0.15, 0.2) is 0 Å². The van der Waals surface area contributed by atoms with Gasteiger partial charge >= 0.3 is 0 Å². The van der Waals surface area contributed by atoms with Crippen molar-refractivity contribution in [3.8, 4) is 17.3 Å². The maximum atomic E-state index is 14.8. The van der Waals surface area contributed by atoms with Gasteiger partial charge in [0.05, 0.1) is 36.2 Å². The zero-order valence-electron chi connectivity index (χ0n) is 15.4. The second-order valence-electron chi connectivity index (χ2n) is 9.60. The maximum Gasteiger partial charge on any atom is 0.129 e. The third-order valence-electron chi connectivity index (χ3n) is 8.10. The van der Waals surface area contributed by atoms with Gasteiger partial charge in [-0.25, -0.2) is 9.37 Å². The fourth-order valence-electron chi connectivity index (χ4n) is 7.50. The largest absolute Gasteiger partial charge is 0.323 e. The Hall–Kier alpha value is -2.15. The molecule has 7 rings (SSSR count). The Bertz CT molecular complexity index is 917. The summed E-state index contributed by atoms with van der Waals surface area (Å²) in [6, 6.07) is 7.91. The first-order valence-electron chi connectivity index (χ1n) is 10.4. The van der Waals surface area contributed by atoms with Crippen LogP contribution in [0.2, 0.25) is 0 Å². The summed E-state index contributed by atoms with van der Waals surface area (Å²) < 4.78 is 16.9. The lowest BCUT2D eigenvalue weighted by atomic mass is 9.46. The molecule has 2 atom stereocenters. The quantitative estimate of drug-likeness (QED) is 0.740. The minimum Gasteiger partial charge on any atom is -0.323 e. The van der Waals surface area contributed by atoms with Gasteiger partial charge in [-0.2, -0.15) is 5.26 Å². The standard InChI is InChI=1S/C23H24FN3/c24-19-3-1-2-18-21-12-26-13-27(21)20(22(18)19)7-17(11-25)23-8-14-4-15(9-23)6-16(5-14)10-23/h1-3,12-17,20H,4-10H2. The summed E-state index contributed by atoms with van der Waals surface area (Å²) in [5, 5.41) is 10.2. The van der Waals surface area contributed by atoms with E-state index in [0.717, 1.165) is 34.6 Å². The van der Waals surface area contributed by atoms with E-state index >= 15 is 0 Å². The molecule has 1 aromatic heterocycles. The van der Waals surface area contributed by atoms with Crippen molar-refractivity contribution in [2.24, 2.45) is 29.1 Å². The Labute approximate surface area is 159 Å². The molecule has 4 saturated carbocycles. The first-order chi connectivity index (χ1) is 13.2. The number of nitrogens with zero attached hydrogens (tertiary/aromatic N) is 3. The van der Waals surface area contributed by atoms with Gasteiger partial charge in [0.2, 0.25) is 0 Å². The Morgan fingerprint density at radius 1 is 1.19 bits per heavy atom. The van der Waals surface area contributed by atoms with Crippen molar-refractivity contribution in [3.63, 3.8) is 0 Å². The molecule has 2 aromatic rings. The SMILES string of the molecule is N#CC(CC1c2c(F)cccc2-c2cncn21)C12CC3CC(CC(C3)C1)C2. The van der Waals surface area contributed by atoms with E-state index in [1.165, 1.54) is 38.5 Å². The molecule has 4 fully saturated rings. The number of imidazole rings is 1. The lowest BCUT2D eigenvalue weighted by molar-refractivity contribution is -0.0776. The number of rotatable bonds is 3. The summed E-state index contributed by atoms with van der Waals surface area (Å²) >= 11 is 0. The Morgan fingerprint density at radius 3 is 2.56 bits per heavy atom. The lowest BCUT2D eigenvalue weighted by Crippen LogP contribution is -2.49. The molecule has 0 radical (unpaired) electrons. The summed E-state index contributed by atoms with van der Waals surface area (Å²) in [4.78, 5) is 4.31. The van der Waals surface area contributed by atoms with Crippen molar-refractivity contribution >= 4 is 0 Å². The molecular weight excluding hydrogens is 337 g/mol. The zero-order chi connectivity index (χ0) is 18.2. The summed E-state index contributed by atoms with van der Waals surface area (Å²) in [5.41, 5.74) is 2.86. The highest BCUT2D eigenvalue weighted by Crippen LogP contribution is 2.64. The highest BCUT2D eigenvalue weighted by Gasteiger charge is 2.55. The molecular formula is C23H24FN3. The van der Waals surface area contributed by atoms with Crippen LogP contribution in [0.4, 0.5) is 4.39 Å². The van der Waals surface area contributed by atoms with E-state index in [0.29, 0.717) is 6.42 Å². The van der Waals surface area contributed by atoms with Crippen molar-refractivity contribution in [1.82, 2.24) is 9.55 Å². The highest BCUT2D eigenvalue weighted by molar-refractivity contribution is 5.69. The molecule has 5 aliphatic rings. The van der Waals surface area contributed by atoms with E-state index in [2.05, 4.69) is 15.6 Å².